The maximum atomic E-state index is 14.4. The minimum absolute atomic E-state index is 0.00522. The van der Waals surface area contributed by atoms with E-state index in [-0.39, 0.29) is 47.8 Å². The van der Waals surface area contributed by atoms with Crippen LogP contribution in [0.4, 0.5) is 21.6 Å². The number of nitrogens with zero attached hydrogens (tertiary/aromatic N) is 7. The van der Waals surface area contributed by atoms with Gasteiger partial charge in [-0.3, -0.25) is 9.59 Å². The molecule has 1 aromatic carbocycles. The van der Waals surface area contributed by atoms with Crippen molar-refractivity contribution in [3.63, 3.8) is 0 Å². The second kappa shape index (κ2) is 13.0. The number of amides is 2. The molecule has 3 aliphatic heterocycles. The van der Waals surface area contributed by atoms with Crippen molar-refractivity contribution in [2.24, 2.45) is 0 Å². The Morgan fingerprint density at radius 1 is 1.17 bits per heavy atom. The first-order chi connectivity index (χ1) is 20.2. The number of halogens is 1. The first-order valence-electron chi connectivity index (χ1n) is 14.8. The molecule has 11 nitrogen and oxygen atoms in total. The number of fused-ring (bicyclic) bond motifs is 1. The highest BCUT2D eigenvalue weighted by Gasteiger charge is 2.39. The molecule has 2 fully saturated rings. The van der Waals surface area contributed by atoms with Crippen LogP contribution in [0, 0.1) is 5.82 Å². The maximum Gasteiger partial charge on any atom is 0.256 e. The minimum atomic E-state index is -0.458. The van der Waals surface area contributed by atoms with Gasteiger partial charge in [0.25, 0.3) is 5.91 Å². The van der Waals surface area contributed by atoms with Gasteiger partial charge in [-0.15, -0.1) is 0 Å². The number of likely N-dealkylation sites (tertiary alicyclic amines) is 1. The fourth-order valence-corrected chi connectivity index (χ4v) is 6.77. The van der Waals surface area contributed by atoms with Crippen LogP contribution in [0.2, 0.25) is 0 Å². The van der Waals surface area contributed by atoms with Crippen LogP contribution in [-0.4, -0.2) is 111 Å². The van der Waals surface area contributed by atoms with Gasteiger partial charge >= 0.3 is 0 Å². The molecule has 0 spiro atoms. The highest BCUT2D eigenvalue weighted by atomic mass is 32.2. The predicted octanol–water partition coefficient (Wildman–Crippen LogP) is 1.96. The summed E-state index contributed by atoms with van der Waals surface area (Å²) in [4.78, 5) is 43.8. The Morgan fingerprint density at radius 3 is 2.67 bits per heavy atom. The molecule has 0 aliphatic carbocycles. The number of rotatable bonds is 8. The van der Waals surface area contributed by atoms with Gasteiger partial charge in [0, 0.05) is 57.4 Å². The van der Waals surface area contributed by atoms with Gasteiger partial charge in [-0.05, 0) is 65.3 Å². The summed E-state index contributed by atoms with van der Waals surface area (Å²) >= 11 is -0.00522. The van der Waals surface area contributed by atoms with E-state index < -0.39 is 5.82 Å². The van der Waals surface area contributed by atoms with E-state index in [2.05, 4.69) is 20.2 Å². The van der Waals surface area contributed by atoms with E-state index in [0.717, 1.165) is 24.3 Å². The summed E-state index contributed by atoms with van der Waals surface area (Å²) in [6.07, 6.45) is 5.61. The molecule has 1 N–H and O–H groups in total. The Labute approximate surface area is 250 Å². The van der Waals surface area contributed by atoms with E-state index in [1.165, 1.54) is 18.5 Å². The molecule has 42 heavy (non-hydrogen) atoms. The highest BCUT2D eigenvalue weighted by Crippen LogP contribution is 2.39. The van der Waals surface area contributed by atoms with Crippen molar-refractivity contribution < 1.29 is 18.2 Å². The van der Waals surface area contributed by atoms with Crippen molar-refractivity contribution in [1.82, 2.24) is 29.4 Å². The Bertz CT molecular complexity index is 1310. The highest BCUT2D eigenvalue weighted by molar-refractivity contribution is 7.62. The second-order valence-corrected chi connectivity index (χ2v) is 12.3. The zero-order valence-corrected chi connectivity index (χ0v) is 25.6. The first kappa shape index (κ1) is 30.3. The molecule has 3 aliphatic rings. The Kier molecular flexibility index (Phi) is 9.38. The topological polar surface area (TPSA) is 105 Å². The number of hydrogen-bond acceptors (Lipinski definition) is 8. The second-order valence-electron chi connectivity index (χ2n) is 11.5. The molecule has 3 atom stereocenters. The van der Waals surface area contributed by atoms with Gasteiger partial charge < -0.3 is 24.9 Å². The molecule has 2 amide bonds. The van der Waals surface area contributed by atoms with Crippen molar-refractivity contribution in [3.05, 3.63) is 42.1 Å². The average molecular weight is 601 g/mol. The summed E-state index contributed by atoms with van der Waals surface area (Å²) in [6.45, 7) is 9.43. The lowest BCUT2D eigenvalue weighted by atomic mass is 10.00. The van der Waals surface area contributed by atoms with Crippen molar-refractivity contribution in [3.8, 4) is 0 Å². The molecule has 0 unspecified atom stereocenters. The molecule has 228 valence electrons. The van der Waals surface area contributed by atoms with E-state index in [4.69, 9.17) is 0 Å². The number of anilines is 3. The van der Waals surface area contributed by atoms with Crippen LogP contribution >= 0.6 is 0 Å². The van der Waals surface area contributed by atoms with Crippen LogP contribution in [0.5, 0.6) is 0 Å². The number of hydrogen-bond donors (Lipinski definition) is 2. The number of thiol groups is 1. The third kappa shape index (κ3) is 6.00. The number of carbonyl (C=O) groups excluding carboxylic acids is 2. The third-order valence-electron chi connectivity index (χ3n) is 8.76. The molecular formula is C29H41FN8O3S. The zero-order valence-electron chi connectivity index (χ0n) is 24.7. The maximum absolute atomic E-state index is 14.4. The van der Waals surface area contributed by atoms with Crippen LogP contribution in [0.25, 0.3) is 0 Å². The summed E-state index contributed by atoms with van der Waals surface area (Å²) < 4.78 is 27.4. The van der Waals surface area contributed by atoms with Gasteiger partial charge in [0.15, 0.2) is 5.82 Å². The molecule has 2 aromatic rings. The number of likely N-dealkylation sites (N-methyl/N-ethyl adjacent to an activating group) is 1. The van der Waals surface area contributed by atoms with Gasteiger partial charge in [0.05, 0.1) is 35.3 Å². The largest absolute Gasteiger partial charge is 0.348 e. The molecule has 5 rings (SSSR count). The van der Waals surface area contributed by atoms with Crippen LogP contribution in [-0.2, 0) is 16.6 Å². The van der Waals surface area contributed by atoms with Crippen LogP contribution < -0.4 is 15.1 Å². The smallest absolute Gasteiger partial charge is 0.256 e. The zero-order chi connectivity index (χ0) is 30.0. The number of carbonyl (C=O) groups is 2. The lowest BCUT2D eigenvalue weighted by molar-refractivity contribution is -0.133. The summed E-state index contributed by atoms with van der Waals surface area (Å²) in [5.74, 6) is 0.184. The standard InChI is InChI=1S/C29H41FN8O3S/c1-5-36(19(2)3)28(39)23-14-20(30)6-9-25(23)38-13-12-37(27-26(38)16-31-18-33-27)22-10-11-35(17-22)29(40)24-8-7-21(15-32-24)34(4)42-41/h6,9,14,16,18-19,21-22,24,32,42H,5,7-8,10-13,15,17H2,1-4H3/t21-,22-,24-/m0/s1. The molecule has 4 heterocycles. The Balaban J connectivity index is 1.33. The van der Waals surface area contributed by atoms with Crippen LogP contribution in [0.1, 0.15) is 50.4 Å². The predicted molar refractivity (Wildman–Crippen MR) is 162 cm³/mol. The fraction of sp³-hybridized carbons (Fsp3) is 0.586. The lowest BCUT2D eigenvalue weighted by Crippen LogP contribution is -2.54. The van der Waals surface area contributed by atoms with Gasteiger partial charge in [-0.25, -0.2) is 22.9 Å². The van der Waals surface area contributed by atoms with E-state index >= 15 is 0 Å². The van der Waals surface area contributed by atoms with Crippen molar-refractivity contribution in [2.45, 2.75) is 64.2 Å². The molecule has 0 bridgehead atoms. The van der Waals surface area contributed by atoms with E-state index in [1.54, 1.807) is 21.5 Å². The van der Waals surface area contributed by atoms with E-state index in [9.17, 15) is 18.2 Å². The molecule has 0 saturated carbocycles. The number of piperidine rings is 1. The van der Waals surface area contributed by atoms with E-state index in [1.807, 2.05) is 37.6 Å². The number of benzene rings is 1. The Morgan fingerprint density at radius 2 is 1.98 bits per heavy atom. The third-order valence-corrected chi connectivity index (χ3v) is 9.35. The minimum Gasteiger partial charge on any atom is -0.348 e. The summed E-state index contributed by atoms with van der Waals surface area (Å²) in [5.41, 5.74) is 1.70. The van der Waals surface area contributed by atoms with Crippen LogP contribution in [0.15, 0.2) is 30.7 Å². The molecule has 13 heteroatoms. The summed E-state index contributed by atoms with van der Waals surface area (Å²) in [6, 6.07) is 4.35. The molecule has 0 radical (unpaired) electrons. The summed E-state index contributed by atoms with van der Waals surface area (Å²) in [5, 5.41) is 3.36. The fourth-order valence-electron chi connectivity index (χ4n) is 6.43. The van der Waals surface area contributed by atoms with Gasteiger partial charge in [-0.2, -0.15) is 0 Å². The summed E-state index contributed by atoms with van der Waals surface area (Å²) in [7, 11) is 1.81. The lowest BCUT2D eigenvalue weighted by Gasteiger charge is -2.41. The van der Waals surface area contributed by atoms with Crippen molar-refractivity contribution in [1.29, 1.82) is 0 Å². The molecular weight excluding hydrogens is 559 g/mol. The quantitative estimate of drug-likeness (QED) is 0.444. The van der Waals surface area contributed by atoms with Gasteiger partial charge in [-0.1, -0.05) is 0 Å². The monoisotopic (exact) mass is 600 g/mol. The molecule has 1 aromatic heterocycles. The first-order valence-corrected chi connectivity index (χ1v) is 15.5. The normalized spacial score (nSPS) is 22.5. The molecule has 2 saturated heterocycles. The number of nitrogens with one attached hydrogen (secondary N) is 1. The van der Waals surface area contributed by atoms with Gasteiger partial charge in [0.2, 0.25) is 5.91 Å². The Hall–Kier alpha value is -3.16. The number of aromatic nitrogens is 2. The van der Waals surface area contributed by atoms with Crippen molar-refractivity contribution in [2.75, 3.05) is 56.1 Å². The SMILES string of the molecule is CCN(C(=O)c1cc(F)ccc1N1CCN([C@H]2CCN(C(=O)[C@@H]3CC[C@H](N(C)[SH]=O)CN3)C2)c2ncncc21)C(C)C. The van der Waals surface area contributed by atoms with Crippen molar-refractivity contribution >= 4 is 40.9 Å². The van der Waals surface area contributed by atoms with Crippen LogP contribution in [0.3, 0.4) is 0 Å². The average Bonchev–Trinajstić information content (AvgIpc) is 3.50. The van der Waals surface area contributed by atoms with E-state index in [0.29, 0.717) is 56.9 Å². The van der Waals surface area contributed by atoms with Gasteiger partial charge in [0.1, 0.15) is 17.8 Å².